The van der Waals surface area contributed by atoms with Crippen LogP contribution in [-0.4, -0.2) is 0 Å². The first-order chi connectivity index (χ1) is 21.0. The van der Waals surface area contributed by atoms with Crippen LogP contribution in [0.5, 0.6) is 0 Å². The van der Waals surface area contributed by atoms with E-state index in [1.807, 2.05) is 29.5 Å². The predicted molar refractivity (Wildman–Crippen MR) is 206 cm³/mol. The van der Waals surface area contributed by atoms with Gasteiger partial charge in [-0.1, -0.05) is 140 Å². The fraction of sp³-hybridized carbons (Fsp3) is 0.476. The van der Waals surface area contributed by atoms with Gasteiger partial charge in [0.05, 0.1) is 18.8 Å². The third-order valence-corrected chi connectivity index (χ3v) is 8.91. The van der Waals surface area contributed by atoms with Crippen LogP contribution in [-0.2, 0) is 27.1 Å². The van der Waals surface area contributed by atoms with E-state index in [9.17, 15) is 0 Å². The zero-order valence-electron chi connectivity index (χ0n) is 31.4. The van der Waals surface area contributed by atoms with Gasteiger partial charge in [0.25, 0.3) is 0 Å². The molecule has 46 heavy (non-hydrogen) atoms. The summed E-state index contributed by atoms with van der Waals surface area (Å²) < 4.78 is 10.1. The van der Waals surface area contributed by atoms with Crippen LogP contribution < -0.4 is 0 Å². The molecular formula is C42H62O2S2. The molecule has 2 nitrogen and oxygen atoms in total. The van der Waals surface area contributed by atoms with Crippen molar-refractivity contribution in [2.24, 2.45) is 0 Å². The van der Waals surface area contributed by atoms with Crippen LogP contribution >= 0.6 is 22.7 Å². The van der Waals surface area contributed by atoms with Gasteiger partial charge in [-0.25, -0.2) is 0 Å². The van der Waals surface area contributed by atoms with Gasteiger partial charge in [-0.05, 0) is 84.8 Å². The molecule has 4 heteroatoms. The Morgan fingerprint density at radius 3 is 1.28 bits per heavy atom. The molecule has 0 aliphatic heterocycles. The van der Waals surface area contributed by atoms with Gasteiger partial charge in [-0.15, -0.1) is 11.3 Å². The highest BCUT2D eigenvalue weighted by atomic mass is 32.1. The Hall–Kier alpha value is -2.82. The molecule has 0 bridgehead atoms. The minimum Gasteiger partial charge on any atom is -0.472 e. The first-order valence-corrected chi connectivity index (χ1v) is 18.0. The molecule has 254 valence electrons. The van der Waals surface area contributed by atoms with Crippen molar-refractivity contribution in [2.45, 2.75) is 131 Å². The molecule has 0 saturated carbocycles. The van der Waals surface area contributed by atoms with Crippen molar-refractivity contribution in [3.8, 4) is 0 Å². The molecule has 1 aromatic carbocycles. The average molecular weight is 663 g/mol. The highest BCUT2D eigenvalue weighted by Gasteiger charge is 2.16. The van der Waals surface area contributed by atoms with E-state index in [-0.39, 0.29) is 10.8 Å². The normalized spacial score (nSPS) is 11.8. The Balaban J connectivity index is 0.000000288. The van der Waals surface area contributed by atoms with E-state index in [2.05, 4.69) is 169 Å². The number of thiophene rings is 2. The fourth-order valence-electron chi connectivity index (χ4n) is 3.73. The lowest BCUT2D eigenvalue weighted by atomic mass is 9.87. The molecule has 0 unspecified atom stereocenters. The standard InChI is InChI=1S/C10H14.2C8H12O.2C8H12S/c1-10(2,3)9-7-5-4-6-8-9;1-8(2,3)7-4-5-9-6-7;1-8(2,3)7-5-4-6-9-7;1-8(2,3)7-4-5-9-6-7;1-8(2,3)7-5-4-6-9-7/h4-8H,1-3H3;4*4-6H,1-3H3. The van der Waals surface area contributed by atoms with Gasteiger partial charge >= 0.3 is 0 Å². The van der Waals surface area contributed by atoms with Crippen LogP contribution in [0, 0.1) is 0 Å². The summed E-state index contributed by atoms with van der Waals surface area (Å²) in [5.74, 6) is 1.04. The van der Waals surface area contributed by atoms with Crippen molar-refractivity contribution in [3.05, 3.63) is 129 Å². The van der Waals surface area contributed by atoms with Crippen LogP contribution in [0.25, 0.3) is 0 Å². The van der Waals surface area contributed by atoms with Crippen molar-refractivity contribution < 1.29 is 8.83 Å². The SMILES string of the molecule is CC(C)(C)c1ccccc1.CC(C)(C)c1ccco1.CC(C)(C)c1cccs1.CC(C)(C)c1ccoc1.CC(C)(C)c1ccsc1. The topological polar surface area (TPSA) is 26.3 Å². The maximum Gasteiger partial charge on any atom is 0.109 e. The Bertz CT molecular complexity index is 1210. The zero-order valence-corrected chi connectivity index (χ0v) is 33.1. The predicted octanol–water partition coefficient (Wildman–Crippen LogP) is 14.2. The summed E-state index contributed by atoms with van der Waals surface area (Å²) in [6.07, 6.45) is 5.21. The summed E-state index contributed by atoms with van der Waals surface area (Å²) in [6, 6.07) is 22.9. The van der Waals surface area contributed by atoms with E-state index in [4.69, 9.17) is 8.83 Å². The molecule has 0 spiro atoms. The smallest absolute Gasteiger partial charge is 0.109 e. The van der Waals surface area contributed by atoms with E-state index in [1.54, 1.807) is 30.1 Å². The van der Waals surface area contributed by atoms with Gasteiger partial charge in [-0.3, -0.25) is 0 Å². The first kappa shape index (κ1) is 41.2. The molecule has 0 aliphatic rings. The lowest BCUT2D eigenvalue weighted by Crippen LogP contribution is -2.10. The van der Waals surface area contributed by atoms with Gasteiger partial charge in [0.1, 0.15) is 5.76 Å². The average Bonchev–Trinajstić information content (AvgIpc) is 3.77. The van der Waals surface area contributed by atoms with E-state index in [1.165, 1.54) is 21.6 Å². The molecule has 5 aromatic rings. The summed E-state index contributed by atoms with van der Waals surface area (Å²) in [5, 5.41) is 6.46. The van der Waals surface area contributed by atoms with Crippen molar-refractivity contribution in [1.29, 1.82) is 0 Å². The van der Waals surface area contributed by atoms with E-state index < -0.39 is 0 Å². The molecule has 4 heterocycles. The largest absolute Gasteiger partial charge is 0.472 e. The van der Waals surface area contributed by atoms with Crippen molar-refractivity contribution in [1.82, 2.24) is 0 Å². The van der Waals surface area contributed by atoms with Gasteiger partial charge in [0.15, 0.2) is 0 Å². The molecule has 0 saturated heterocycles. The van der Waals surface area contributed by atoms with Gasteiger partial charge in [-0.2, -0.15) is 11.3 Å². The second-order valence-electron chi connectivity index (χ2n) is 16.6. The maximum atomic E-state index is 5.20. The van der Waals surface area contributed by atoms with Crippen LogP contribution in [0.2, 0.25) is 0 Å². The first-order valence-electron chi connectivity index (χ1n) is 16.2. The van der Waals surface area contributed by atoms with Crippen molar-refractivity contribution >= 4 is 22.7 Å². The van der Waals surface area contributed by atoms with E-state index in [0.717, 1.165) is 5.76 Å². The van der Waals surface area contributed by atoms with Gasteiger partial charge < -0.3 is 8.83 Å². The summed E-state index contributed by atoms with van der Waals surface area (Å²) in [4.78, 5) is 1.46. The summed E-state index contributed by atoms with van der Waals surface area (Å²) in [5.41, 5.74) is 5.44. The lowest BCUT2D eigenvalue weighted by Gasteiger charge is -2.18. The molecule has 5 rings (SSSR count). The quantitative estimate of drug-likeness (QED) is 0.165. The second kappa shape index (κ2) is 17.9. The lowest BCUT2D eigenvalue weighted by molar-refractivity contribution is 0.409. The summed E-state index contributed by atoms with van der Waals surface area (Å²) >= 11 is 3.60. The van der Waals surface area contributed by atoms with Crippen LogP contribution in [0.15, 0.2) is 110 Å². The van der Waals surface area contributed by atoms with Crippen LogP contribution in [0.1, 0.15) is 131 Å². The fourth-order valence-corrected chi connectivity index (χ4v) is 5.43. The third-order valence-electron chi connectivity index (χ3n) is 6.93. The van der Waals surface area contributed by atoms with Crippen molar-refractivity contribution in [3.63, 3.8) is 0 Å². The molecule has 0 amide bonds. The Labute approximate surface area is 290 Å². The molecule has 0 fully saturated rings. The summed E-state index contributed by atoms with van der Waals surface area (Å²) in [7, 11) is 0. The maximum absolute atomic E-state index is 5.20. The number of benzene rings is 1. The molecule has 0 aliphatic carbocycles. The monoisotopic (exact) mass is 662 g/mol. The van der Waals surface area contributed by atoms with E-state index in [0.29, 0.717) is 16.2 Å². The minimum absolute atomic E-state index is 0.156. The third kappa shape index (κ3) is 16.7. The number of hydrogen-bond donors (Lipinski definition) is 0. The summed E-state index contributed by atoms with van der Waals surface area (Å²) in [6.45, 7) is 33.0. The second-order valence-corrected chi connectivity index (χ2v) is 18.3. The molecular weight excluding hydrogens is 601 g/mol. The van der Waals surface area contributed by atoms with Gasteiger partial charge in [0.2, 0.25) is 0 Å². The van der Waals surface area contributed by atoms with Crippen LogP contribution in [0.4, 0.5) is 0 Å². The Morgan fingerprint density at radius 1 is 0.457 bits per heavy atom. The molecule has 4 aromatic heterocycles. The number of hydrogen-bond acceptors (Lipinski definition) is 4. The highest BCUT2D eigenvalue weighted by Crippen LogP contribution is 2.26. The van der Waals surface area contributed by atoms with Gasteiger partial charge in [0, 0.05) is 10.3 Å². The van der Waals surface area contributed by atoms with Crippen molar-refractivity contribution in [2.75, 3.05) is 0 Å². The number of rotatable bonds is 0. The zero-order chi connectivity index (χ0) is 35.2. The molecule has 0 N–H and O–H groups in total. The molecule has 0 radical (unpaired) electrons. The molecule has 0 atom stereocenters. The van der Waals surface area contributed by atoms with Crippen LogP contribution in [0.3, 0.4) is 0 Å². The Kier molecular flexibility index (Phi) is 16.1. The highest BCUT2D eigenvalue weighted by molar-refractivity contribution is 7.10. The van der Waals surface area contributed by atoms with E-state index >= 15 is 0 Å². The Morgan fingerprint density at radius 2 is 1.04 bits per heavy atom. The minimum atomic E-state index is 0.156. The number of furan rings is 2.